The highest BCUT2D eigenvalue weighted by atomic mass is 15.3. The lowest BCUT2D eigenvalue weighted by molar-refractivity contribution is 0.246. The molecule has 7 nitrogen and oxygen atoms in total. The number of piperazine rings is 1. The van der Waals surface area contributed by atoms with E-state index < -0.39 is 0 Å². The van der Waals surface area contributed by atoms with Crippen LogP contribution < -0.4 is 4.90 Å². The van der Waals surface area contributed by atoms with Crippen LogP contribution in [0.1, 0.15) is 29.1 Å². The molecule has 7 heteroatoms. The summed E-state index contributed by atoms with van der Waals surface area (Å²) in [6, 6.07) is 2.11. The number of hydrogen-bond acceptors (Lipinski definition) is 5. The van der Waals surface area contributed by atoms with Crippen molar-refractivity contribution in [1.82, 2.24) is 29.7 Å². The second kappa shape index (κ2) is 5.84. The van der Waals surface area contributed by atoms with Crippen LogP contribution in [0.15, 0.2) is 18.5 Å². The highest BCUT2D eigenvalue weighted by molar-refractivity contribution is 5.69. The minimum atomic E-state index is 0.961. The summed E-state index contributed by atoms with van der Waals surface area (Å²) in [6.45, 7) is 7.04. The van der Waals surface area contributed by atoms with Gasteiger partial charge in [0.05, 0.1) is 11.4 Å². The molecule has 0 radical (unpaired) electrons. The Bertz CT molecular complexity index is 901. The van der Waals surface area contributed by atoms with Crippen molar-refractivity contribution < 1.29 is 0 Å². The lowest BCUT2D eigenvalue weighted by Crippen LogP contribution is -2.46. The van der Waals surface area contributed by atoms with Crippen molar-refractivity contribution in [2.75, 3.05) is 31.1 Å². The molecule has 3 aromatic rings. The van der Waals surface area contributed by atoms with Crippen molar-refractivity contribution in [2.45, 2.75) is 32.7 Å². The van der Waals surface area contributed by atoms with Gasteiger partial charge >= 0.3 is 0 Å². The largest absolute Gasteiger partial charge is 0.352 e. The van der Waals surface area contributed by atoms with E-state index >= 15 is 0 Å². The standard InChI is InChI=1S/C18H23N7/c1-13-11-17-18(19-5-6-25(17)22-13)24-9-7-23(8-10-24)12-16-14-3-2-4-15(14)20-21-16/h5-6,11H,2-4,7-10,12H2,1H3,(H,20,21). The third kappa shape index (κ3) is 2.59. The second-order valence-electron chi connectivity index (χ2n) is 7.11. The molecule has 3 aromatic heterocycles. The molecule has 0 aromatic carbocycles. The minimum absolute atomic E-state index is 0.961. The van der Waals surface area contributed by atoms with Crippen molar-refractivity contribution in [3.8, 4) is 0 Å². The van der Waals surface area contributed by atoms with E-state index in [9.17, 15) is 0 Å². The van der Waals surface area contributed by atoms with Gasteiger partial charge in [-0.05, 0) is 37.8 Å². The summed E-state index contributed by atoms with van der Waals surface area (Å²) in [4.78, 5) is 9.51. The monoisotopic (exact) mass is 337 g/mol. The summed E-state index contributed by atoms with van der Waals surface area (Å²) in [5.74, 6) is 1.04. The Morgan fingerprint density at radius 1 is 1.16 bits per heavy atom. The first kappa shape index (κ1) is 14.9. The molecule has 0 spiro atoms. The fourth-order valence-corrected chi connectivity index (χ4v) is 4.12. The van der Waals surface area contributed by atoms with Crippen LogP contribution in [0.25, 0.3) is 5.52 Å². The summed E-state index contributed by atoms with van der Waals surface area (Å²) >= 11 is 0. The molecule has 0 unspecified atom stereocenters. The fourth-order valence-electron chi connectivity index (χ4n) is 4.12. The summed E-state index contributed by atoms with van der Waals surface area (Å²) in [5.41, 5.74) is 6.22. The SMILES string of the molecule is Cc1cc2c(N3CCN(Cc4n[nH]c5c4CCC5)CC3)nccn2n1. The molecule has 1 aliphatic heterocycles. The van der Waals surface area contributed by atoms with Crippen LogP contribution in [0.2, 0.25) is 0 Å². The summed E-state index contributed by atoms with van der Waals surface area (Å²) < 4.78 is 1.93. The number of H-pyrrole nitrogens is 1. The first-order valence-corrected chi connectivity index (χ1v) is 9.11. The number of hydrogen-bond donors (Lipinski definition) is 1. The number of fused-ring (bicyclic) bond motifs is 2. The van der Waals surface area contributed by atoms with Crippen LogP contribution in [0, 0.1) is 6.92 Å². The maximum Gasteiger partial charge on any atom is 0.154 e. The van der Waals surface area contributed by atoms with Gasteiger partial charge < -0.3 is 4.90 Å². The van der Waals surface area contributed by atoms with Gasteiger partial charge in [-0.1, -0.05) is 0 Å². The Hall–Kier alpha value is -2.41. The van der Waals surface area contributed by atoms with E-state index in [-0.39, 0.29) is 0 Å². The van der Waals surface area contributed by atoms with Crippen molar-refractivity contribution in [1.29, 1.82) is 0 Å². The first-order valence-electron chi connectivity index (χ1n) is 9.11. The van der Waals surface area contributed by atoms with E-state index in [0.29, 0.717) is 0 Å². The molecule has 2 aliphatic rings. The maximum atomic E-state index is 4.62. The lowest BCUT2D eigenvalue weighted by atomic mass is 10.2. The van der Waals surface area contributed by atoms with E-state index in [4.69, 9.17) is 0 Å². The molecule has 1 saturated heterocycles. The molecule has 130 valence electrons. The molecule has 0 atom stereocenters. The molecule has 1 N–H and O–H groups in total. The highest BCUT2D eigenvalue weighted by Crippen LogP contribution is 2.25. The molecular formula is C18H23N7. The zero-order valence-corrected chi connectivity index (χ0v) is 14.6. The number of aryl methyl sites for hydroxylation is 2. The number of aromatic nitrogens is 5. The smallest absolute Gasteiger partial charge is 0.154 e. The average Bonchev–Trinajstić information content (AvgIpc) is 3.31. The van der Waals surface area contributed by atoms with Crippen molar-refractivity contribution in [2.24, 2.45) is 0 Å². The van der Waals surface area contributed by atoms with Gasteiger partial charge in [0, 0.05) is 50.8 Å². The molecule has 0 bridgehead atoms. The van der Waals surface area contributed by atoms with Crippen LogP contribution in [0.3, 0.4) is 0 Å². The zero-order chi connectivity index (χ0) is 16.8. The molecule has 0 saturated carbocycles. The normalized spacial score (nSPS) is 18.2. The van der Waals surface area contributed by atoms with E-state index in [2.05, 4.69) is 36.1 Å². The van der Waals surface area contributed by atoms with Crippen LogP contribution in [0.5, 0.6) is 0 Å². The lowest BCUT2D eigenvalue weighted by Gasteiger charge is -2.35. The minimum Gasteiger partial charge on any atom is -0.352 e. The Labute approximate surface area is 146 Å². The Balaban J connectivity index is 1.29. The highest BCUT2D eigenvalue weighted by Gasteiger charge is 2.24. The number of rotatable bonds is 3. The number of anilines is 1. The Kier molecular flexibility index (Phi) is 3.48. The molecule has 1 aliphatic carbocycles. The van der Waals surface area contributed by atoms with Gasteiger partial charge in [-0.2, -0.15) is 10.2 Å². The van der Waals surface area contributed by atoms with Crippen molar-refractivity contribution >= 4 is 11.3 Å². The zero-order valence-electron chi connectivity index (χ0n) is 14.6. The van der Waals surface area contributed by atoms with E-state index in [0.717, 1.165) is 56.2 Å². The van der Waals surface area contributed by atoms with Gasteiger partial charge in [-0.25, -0.2) is 9.50 Å². The molecule has 25 heavy (non-hydrogen) atoms. The predicted molar refractivity (Wildman–Crippen MR) is 95.8 cm³/mol. The third-order valence-electron chi connectivity index (χ3n) is 5.43. The quantitative estimate of drug-likeness (QED) is 0.786. The number of aromatic amines is 1. The second-order valence-corrected chi connectivity index (χ2v) is 7.11. The van der Waals surface area contributed by atoms with Crippen LogP contribution in [-0.4, -0.2) is 55.9 Å². The van der Waals surface area contributed by atoms with Gasteiger partial charge in [0.15, 0.2) is 5.82 Å². The summed E-state index contributed by atoms with van der Waals surface area (Å²) in [6.07, 6.45) is 7.38. The summed E-state index contributed by atoms with van der Waals surface area (Å²) in [5, 5.41) is 12.3. The topological polar surface area (TPSA) is 65.3 Å². The number of nitrogens with one attached hydrogen (secondary N) is 1. The molecule has 1 fully saturated rings. The molecule has 5 rings (SSSR count). The van der Waals surface area contributed by atoms with E-state index in [1.807, 2.05) is 23.8 Å². The van der Waals surface area contributed by atoms with Gasteiger partial charge in [0.1, 0.15) is 5.52 Å². The Morgan fingerprint density at radius 2 is 2.04 bits per heavy atom. The van der Waals surface area contributed by atoms with E-state index in [1.165, 1.54) is 29.8 Å². The van der Waals surface area contributed by atoms with Gasteiger partial charge in [0.2, 0.25) is 0 Å². The van der Waals surface area contributed by atoms with Crippen molar-refractivity contribution in [3.05, 3.63) is 41.1 Å². The van der Waals surface area contributed by atoms with Gasteiger partial charge in [-0.15, -0.1) is 0 Å². The molecule has 4 heterocycles. The third-order valence-corrected chi connectivity index (χ3v) is 5.43. The maximum absolute atomic E-state index is 4.62. The average molecular weight is 337 g/mol. The van der Waals surface area contributed by atoms with Gasteiger partial charge in [-0.3, -0.25) is 10.00 Å². The fraction of sp³-hybridized carbons (Fsp3) is 0.500. The summed E-state index contributed by atoms with van der Waals surface area (Å²) in [7, 11) is 0. The Morgan fingerprint density at radius 3 is 2.92 bits per heavy atom. The van der Waals surface area contributed by atoms with E-state index in [1.54, 1.807) is 0 Å². The molecule has 0 amide bonds. The van der Waals surface area contributed by atoms with Crippen LogP contribution >= 0.6 is 0 Å². The first-order chi connectivity index (χ1) is 12.3. The predicted octanol–water partition coefficient (Wildman–Crippen LogP) is 1.57. The number of nitrogens with zero attached hydrogens (tertiary/aromatic N) is 6. The van der Waals surface area contributed by atoms with Crippen LogP contribution in [0.4, 0.5) is 5.82 Å². The van der Waals surface area contributed by atoms with Crippen LogP contribution in [-0.2, 0) is 19.4 Å². The van der Waals surface area contributed by atoms with Gasteiger partial charge in [0.25, 0.3) is 0 Å². The molecular weight excluding hydrogens is 314 g/mol. The van der Waals surface area contributed by atoms with Crippen molar-refractivity contribution in [3.63, 3.8) is 0 Å².